The summed E-state index contributed by atoms with van der Waals surface area (Å²) in [6.07, 6.45) is 0. The number of hydrogen-bond donors (Lipinski definition) is 0. The Morgan fingerprint density at radius 3 is 1.50 bits per heavy atom. The van der Waals surface area contributed by atoms with E-state index in [9.17, 15) is 8.78 Å². The highest BCUT2D eigenvalue weighted by Crippen LogP contribution is 2.42. The van der Waals surface area contributed by atoms with Gasteiger partial charge in [-0.2, -0.15) is 0 Å². The molecule has 1 aromatic heterocycles. The lowest BCUT2D eigenvalue weighted by atomic mass is 10.2. The zero-order valence-corrected chi connectivity index (χ0v) is 14.2. The molecule has 0 saturated heterocycles. The van der Waals surface area contributed by atoms with Crippen molar-refractivity contribution in [1.82, 2.24) is 4.57 Å². The highest BCUT2D eigenvalue weighted by molar-refractivity contribution is 6.41. The molecule has 4 aromatic rings. The predicted octanol–water partition coefficient (Wildman–Crippen LogP) is 7.02. The summed E-state index contributed by atoms with van der Waals surface area (Å²) in [4.78, 5) is 0. The van der Waals surface area contributed by atoms with E-state index in [1.807, 2.05) is 48.5 Å². The summed E-state index contributed by atoms with van der Waals surface area (Å²) < 4.78 is 30.1. The fourth-order valence-electron chi connectivity index (χ4n) is 2.95. The van der Waals surface area contributed by atoms with Crippen LogP contribution in [0.15, 0.2) is 48.5 Å². The van der Waals surface area contributed by atoms with Gasteiger partial charge in [0.25, 0.3) is 0 Å². The average Bonchev–Trinajstić information content (AvgIpc) is 2.94. The Kier molecular flexibility index (Phi) is 3.68. The summed E-state index contributed by atoms with van der Waals surface area (Å²) >= 11 is 17.9. The van der Waals surface area contributed by atoms with Crippen LogP contribution in [0.4, 0.5) is 8.78 Å². The average molecular weight is 383 g/mol. The van der Waals surface area contributed by atoms with E-state index < -0.39 is 16.7 Å². The van der Waals surface area contributed by atoms with Gasteiger partial charge >= 0.3 is 0 Å². The Hall–Kier alpha value is -1.81. The lowest BCUT2D eigenvalue weighted by Gasteiger charge is -2.14. The number of benzene rings is 3. The van der Waals surface area contributed by atoms with Gasteiger partial charge < -0.3 is 4.57 Å². The number of rotatable bonds is 1. The van der Waals surface area contributed by atoms with Crippen molar-refractivity contribution in [1.29, 1.82) is 0 Å². The second kappa shape index (κ2) is 5.62. The topological polar surface area (TPSA) is 4.93 Å². The molecular weight excluding hydrogens is 375 g/mol. The maximum absolute atomic E-state index is 14.2. The molecule has 1 nitrogen and oxygen atoms in total. The molecule has 1 heterocycles. The molecule has 24 heavy (non-hydrogen) atoms. The SMILES string of the molecule is Fc1c(Cl)c(F)c(Cl)c(-n2c3ccccc3c3ccccc32)c1Cl. The zero-order chi connectivity index (χ0) is 17.0. The van der Waals surface area contributed by atoms with Gasteiger partial charge in [0.1, 0.15) is 15.1 Å². The maximum Gasteiger partial charge on any atom is 0.165 e. The monoisotopic (exact) mass is 381 g/mol. The number of halogens is 5. The molecule has 0 unspecified atom stereocenters. The van der Waals surface area contributed by atoms with Crippen LogP contribution in [0, 0.1) is 11.6 Å². The van der Waals surface area contributed by atoms with E-state index in [0.717, 1.165) is 21.8 Å². The molecule has 120 valence electrons. The number of fused-ring (bicyclic) bond motifs is 3. The number of para-hydroxylation sites is 2. The first kappa shape index (κ1) is 15.7. The summed E-state index contributed by atoms with van der Waals surface area (Å²) in [6.45, 7) is 0. The van der Waals surface area contributed by atoms with Crippen molar-refractivity contribution >= 4 is 56.6 Å². The molecule has 0 saturated carbocycles. The summed E-state index contributed by atoms with van der Waals surface area (Å²) in [7, 11) is 0. The van der Waals surface area contributed by atoms with Crippen LogP contribution in [0.25, 0.3) is 27.5 Å². The summed E-state index contributed by atoms with van der Waals surface area (Å²) in [5.41, 5.74) is 1.52. The summed E-state index contributed by atoms with van der Waals surface area (Å²) in [6, 6.07) is 15.0. The Balaban J connectivity index is 2.26. The highest BCUT2D eigenvalue weighted by atomic mass is 35.5. The van der Waals surface area contributed by atoms with Crippen molar-refractivity contribution in [2.75, 3.05) is 0 Å². The van der Waals surface area contributed by atoms with Crippen molar-refractivity contribution < 1.29 is 8.78 Å². The first-order chi connectivity index (χ1) is 11.5. The van der Waals surface area contributed by atoms with Crippen molar-refractivity contribution in [3.63, 3.8) is 0 Å². The largest absolute Gasteiger partial charge is 0.306 e. The van der Waals surface area contributed by atoms with Crippen LogP contribution < -0.4 is 0 Å². The van der Waals surface area contributed by atoms with Crippen LogP contribution in [0.5, 0.6) is 0 Å². The third-order valence-corrected chi connectivity index (χ3v) is 5.01. The van der Waals surface area contributed by atoms with Crippen molar-refractivity contribution in [3.8, 4) is 5.69 Å². The molecule has 4 rings (SSSR count). The third-order valence-electron chi connectivity index (χ3n) is 3.99. The molecular formula is C18H8Cl3F2N. The summed E-state index contributed by atoms with van der Waals surface area (Å²) in [5, 5.41) is 0.498. The van der Waals surface area contributed by atoms with Crippen LogP contribution in [0.2, 0.25) is 15.1 Å². The minimum absolute atomic E-state index is 0.0372. The molecule has 0 bridgehead atoms. The molecule has 0 atom stereocenters. The molecule has 3 aromatic carbocycles. The van der Waals surface area contributed by atoms with Crippen molar-refractivity contribution in [3.05, 3.63) is 75.2 Å². The molecule has 0 aliphatic rings. The lowest BCUT2D eigenvalue weighted by Crippen LogP contribution is -2.01. The Morgan fingerprint density at radius 2 is 1.04 bits per heavy atom. The number of hydrogen-bond acceptors (Lipinski definition) is 0. The minimum Gasteiger partial charge on any atom is -0.306 e. The molecule has 0 N–H and O–H groups in total. The smallest absolute Gasteiger partial charge is 0.165 e. The normalized spacial score (nSPS) is 11.5. The van der Waals surface area contributed by atoms with Crippen molar-refractivity contribution in [2.45, 2.75) is 0 Å². The molecule has 0 aliphatic carbocycles. The Labute approximate surface area is 151 Å². The second-order valence-electron chi connectivity index (χ2n) is 5.29. The quantitative estimate of drug-likeness (QED) is 0.246. The molecule has 0 amide bonds. The van der Waals surface area contributed by atoms with E-state index in [1.165, 1.54) is 0 Å². The van der Waals surface area contributed by atoms with Gasteiger partial charge in [-0.1, -0.05) is 71.2 Å². The fourth-order valence-corrected chi connectivity index (χ4v) is 3.83. The first-order valence-corrected chi connectivity index (χ1v) is 8.15. The van der Waals surface area contributed by atoms with E-state index in [1.54, 1.807) is 4.57 Å². The van der Waals surface area contributed by atoms with Gasteiger partial charge in [0, 0.05) is 10.8 Å². The van der Waals surface area contributed by atoms with E-state index in [4.69, 9.17) is 34.8 Å². The standard InChI is InChI=1S/C18H8Cl3F2N/c19-13-16(22)14(20)18(15(21)17(13)23)24-11-7-3-1-5-9(11)10-6-2-4-8-12(10)24/h1-8H. The van der Waals surface area contributed by atoms with Gasteiger partial charge in [-0.15, -0.1) is 0 Å². The molecule has 0 spiro atoms. The van der Waals surface area contributed by atoms with E-state index in [0.29, 0.717) is 0 Å². The van der Waals surface area contributed by atoms with Gasteiger partial charge in [0.2, 0.25) is 0 Å². The third kappa shape index (κ3) is 2.05. The molecule has 0 radical (unpaired) electrons. The van der Waals surface area contributed by atoms with Crippen molar-refractivity contribution in [2.24, 2.45) is 0 Å². The van der Waals surface area contributed by atoms with Gasteiger partial charge in [-0.25, -0.2) is 8.78 Å². The Morgan fingerprint density at radius 1 is 0.625 bits per heavy atom. The van der Waals surface area contributed by atoms with E-state index in [2.05, 4.69) is 0 Å². The molecule has 0 aliphatic heterocycles. The van der Waals surface area contributed by atoms with Crippen LogP contribution in [0.3, 0.4) is 0 Å². The van der Waals surface area contributed by atoms with Gasteiger partial charge in [0.15, 0.2) is 11.6 Å². The minimum atomic E-state index is -1.03. The summed E-state index contributed by atoms with van der Waals surface area (Å²) in [5.74, 6) is -2.06. The first-order valence-electron chi connectivity index (χ1n) is 7.02. The number of aromatic nitrogens is 1. The van der Waals surface area contributed by atoms with E-state index >= 15 is 0 Å². The number of nitrogens with zero attached hydrogens (tertiary/aromatic N) is 1. The second-order valence-corrected chi connectivity index (χ2v) is 6.42. The van der Waals surface area contributed by atoms with Gasteiger partial charge in [-0.05, 0) is 12.1 Å². The highest BCUT2D eigenvalue weighted by Gasteiger charge is 2.25. The van der Waals surface area contributed by atoms with Crippen LogP contribution in [-0.2, 0) is 0 Å². The fraction of sp³-hybridized carbons (Fsp3) is 0. The zero-order valence-electron chi connectivity index (χ0n) is 12.0. The van der Waals surface area contributed by atoms with Gasteiger partial charge in [0.05, 0.1) is 16.7 Å². The van der Waals surface area contributed by atoms with Crippen LogP contribution in [-0.4, -0.2) is 4.57 Å². The van der Waals surface area contributed by atoms with Crippen LogP contribution in [0.1, 0.15) is 0 Å². The Bertz CT molecular complexity index is 1040. The van der Waals surface area contributed by atoms with E-state index in [-0.39, 0.29) is 15.7 Å². The lowest BCUT2D eigenvalue weighted by molar-refractivity contribution is 0.583. The van der Waals surface area contributed by atoms with Gasteiger partial charge in [-0.3, -0.25) is 0 Å². The molecule has 0 fully saturated rings. The van der Waals surface area contributed by atoms with Crippen LogP contribution >= 0.6 is 34.8 Å². The predicted molar refractivity (Wildman–Crippen MR) is 95.7 cm³/mol. The molecule has 6 heteroatoms. The maximum atomic E-state index is 14.2.